The second-order valence-corrected chi connectivity index (χ2v) is 6.03. The maximum Gasteiger partial charge on any atom is 0.186 e. The molecule has 0 heterocycles. The minimum Gasteiger partial charge on any atom is -0.289 e. The minimum absolute atomic E-state index is 0.000153. The van der Waals surface area contributed by atoms with Crippen LogP contribution in [0.25, 0.3) is 0 Å². The molecule has 0 saturated carbocycles. The Morgan fingerprint density at radius 3 is 2.14 bits per heavy atom. The van der Waals surface area contributed by atoms with Crippen LogP contribution >= 0.6 is 11.6 Å². The Hall–Kier alpha value is -1.08. The summed E-state index contributed by atoms with van der Waals surface area (Å²) in [5.74, 6) is 0.000153. The van der Waals surface area contributed by atoms with Gasteiger partial charge in [0.2, 0.25) is 0 Å². The zero-order valence-electron chi connectivity index (χ0n) is 13.1. The van der Waals surface area contributed by atoms with E-state index < -0.39 is 0 Å². The molecule has 1 nitrogen and oxygen atoms in total. The highest BCUT2D eigenvalue weighted by atomic mass is 35.5. The quantitative estimate of drug-likeness (QED) is 0.258. The van der Waals surface area contributed by atoms with Gasteiger partial charge in [0.05, 0.1) is 0 Å². The summed E-state index contributed by atoms with van der Waals surface area (Å²) >= 11 is 6.15. The van der Waals surface area contributed by atoms with E-state index in [1.165, 1.54) is 44.9 Å². The molecule has 0 unspecified atom stereocenters. The van der Waals surface area contributed by atoms with Crippen molar-refractivity contribution in [1.29, 1.82) is 0 Å². The number of unbranched alkanes of at least 4 members (excludes halogenated alkanes) is 7. The Morgan fingerprint density at radius 1 is 0.952 bits per heavy atom. The van der Waals surface area contributed by atoms with Crippen LogP contribution < -0.4 is 0 Å². The van der Waals surface area contributed by atoms with Gasteiger partial charge >= 0.3 is 0 Å². The van der Waals surface area contributed by atoms with E-state index in [0.717, 1.165) is 12.8 Å². The number of benzene rings is 1. The number of carbonyl (C=O) groups excluding carboxylic acids is 1. The molecule has 0 aliphatic heterocycles. The van der Waals surface area contributed by atoms with Crippen molar-refractivity contribution >= 4 is 17.4 Å². The fourth-order valence-corrected chi connectivity index (χ4v) is 2.56. The highest BCUT2D eigenvalue weighted by Gasteiger charge is 2.03. The Kier molecular flexibility index (Phi) is 9.90. The summed E-state index contributed by atoms with van der Waals surface area (Å²) < 4.78 is 0. The number of allylic oxidation sites excluding steroid dienone is 2. The summed E-state index contributed by atoms with van der Waals surface area (Å²) in [6, 6.07) is 9.28. The van der Waals surface area contributed by atoms with Crippen LogP contribution in [-0.2, 0) is 0 Å². The van der Waals surface area contributed by atoms with Crippen LogP contribution in [0.15, 0.2) is 41.4 Å². The first kappa shape index (κ1) is 18.0. The molecule has 21 heavy (non-hydrogen) atoms. The molecule has 0 atom stereocenters. The monoisotopic (exact) mass is 306 g/mol. The molecule has 0 fully saturated rings. The lowest BCUT2D eigenvalue weighted by molar-refractivity contribution is 0.104. The molecule has 0 aromatic heterocycles. The summed E-state index contributed by atoms with van der Waals surface area (Å²) in [5, 5.41) is 0.676. The molecular weight excluding hydrogens is 280 g/mol. The maximum absolute atomic E-state index is 11.9. The first-order valence-corrected chi connectivity index (χ1v) is 8.57. The lowest BCUT2D eigenvalue weighted by Crippen LogP contribution is -1.94. The average Bonchev–Trinajstić information content (AvgIpc) is 2.50. The molecule has 0 radical (unpaired) electrons. The van der Waals surface area contributed by atoms with Crippen LogP contribution in [0.3, 0.4) is 0 Å². The van der Waals surface area contributed by atoms with Gasteiger partial charge in [-0.15, -0.1) is 0 Å². The molecule has 1 aromatic rings. The van der Waals surface area contributed by atoms with Crippen LogP contribution in [0.1, 0.15) is 75.1 Å². The van der Waals surface area contributed by atoms with Gasteiger partial charge in [0.15, 0.2) is 5.78 Å². The van der Waals surface area contributed by atoms with Gasteiger partial charge in [0.25, 0.3) is 0 Å². The third kappa shape index (κ3) is 8.72. The second kappa shape index (κ2) is 11.6. The van der Waals surface area contributed by atoms with E-state index in [0.29, 0.717) is 10.6 Å². The molecule has 116 valence electrons. The molecule has 1 rings (SSSR count). The molecule has 2 heteroatoms. The third-order valence-electron chi connectivity index (χ3n) is 3.62. The largest absolute Gasteiger partial charge is 0.289 e. The molecule has 0 aliphatic rings. The molecular formula is C19H27ClO. The van der Waals surface area contributed by atoms with E-state index in [1.807, 2.05) is 30.3 Å². The second-order valence-electron chi connectivity index (χ2n) is 5.55. The van der Waals surface area contributed by atoms with E-state index in [4.69, 9.17) is 11.6 Å². The van der Waals surface area contributed by atoms with Crippen molar-refractivity contribution < 1.29 is 4.79 Å². The molecule has 0 amide bonds. The number of halogens is 1. The summed E-state index contributed by atoms with van der Waals surface area (Å²) in [5.41, 5.74) is 0.701. The lowest BCUT2D eigenvalue weighted by Gasteiger charge is -2.02. The Balaban J connectivity index is 2.14. The number of rotatable bonds is 11. The highest BCUT2D eigenvalue weighted by molar-refractivity contribution is 6.31. The number of ketones is 1. The molecule has 0 spiro atoms. The predicted molar refractivity (Wildman–Crippen MR) is 91.9 cm³/mol. The van der Waals surface area contributed by atoms with E-state index in [9.17, 15) is 4.79 Å². The summed E-state index contributed by atoms with van der Waals surface area (Å²) in [7, 11) is 0. The number of hydrogen-bond acceptors (Lipinski definition) is 1. The minimum atomic E-state index is 0.000153. The van der Waals surface area contributed by atoms with Gasteiger partial charge in [-0.2, -0.15) is 0 Å². The normalized spacial score (nSPS) is 11.6. The smallest absolute Gasteiger partial charge is 0.186 e. The summed E-state index contributed by atoms with van der Waals surface area (Å²) in [6.45, 7) is 2.24. The number of hydrogen-bond donors (Lipinski definition) is 0. The van der Waals surface area contributed by atoms with Crippen molar-refractivity contribution in [1.82, 2.24) is 0 Å². The van der Waals surface area contributed by atoms with Crippen molar-refractivity contribution in [3.8, 4) is 0 Å². The van der Waals surface area contributed by atoms with Gasteiger partial charge in [0.1, 0.15) is 0 Å². The van der Waals surface area contributed by atoms with Crippen LogP contribution in [0.2, 0.25) is 0 Å². The molecule has 0 bridgehead atoms. The van der Waals surface area contributed by atoms with Crippen LogP contribution in [0.4, 0.5) is 0 Å². The summed E-state index contributed by atoms with van der Waals surface area (Å²) in [6.07, 6.45) is 12.6. The molecule has 0 saturated heterocycles. The molecule has 0 N–H and O–H groups in total. The Labute approximate surface area is 134 Å². The van der Waals surface area contributed by atoms with Gasteiger partial charge in [-0.05, 0) is 12.8 Å². The van der Waals surface area contributed by atoms with E-state index >= 15 is 0 Å². The van der Waals surface area contributed by atoms with Gasteiger partial charge in [-0.25, -0.2) is 0 Å². The molecule has 0 aliphatic carbocycles. The predicted octanol–water partition coefficient (Wildman–Crippen LogP) is 6.52. The fourth-order valence-electron chi connectivity index (χ4n) is 2.33. The standard InChI is InChI=1S/C19H27ClO/c1-2-3-4-5-6-7-8-12-15-18(20)16-19(21)17-13-10-9-11-14-17/h9-11,13-14,16H,2-8,12,15H2,1H3/b18-16+. The first-order valence-electron chi connectivity index (χ1n) is 8.19. The van der Waals surface area contributed by atoms with Crippen molar-refractivity contribution in [2.75, 3.05) is 0 Å². The van der Waals surface area contributed by atoms with E-state index in [1.54, 1.807) is 6.08 Å². The van der Waals surface area contributed by atoms with Gasteiger partial charge in [0, 0.05) is 16.7 Å². The van der Waals surface area contributed by atoms with Crippen molar-refractivity contribution in [3.05, 3.63) is 47.0 Å². The Bertz CT molecular complexity index is 422. The topological polar surface area (TPSA) is 17.1 Å². The first-order chi connectivity index (χ1) is 10.2. The van der Waals surface area contributed by atoms with E-state index in [2.05, 4.69) is 6.92 Å². The molecule has 1 aromatic carbocycles. The third-order valence-corrected chi connectivity index (χ3v) is 3.91. The fraction of sp³-hybridized carbons (Fsp3) is 0.526. The average molecular weight is 307 g/mol. The van der Waals surface area contributed by atoms with E-state index in [-0.39, 0.29) is 5.78 Å². The van der Waals surface area contributed by atoms with Crippen molar-refractivity contribution in [2.24, 2.45) is 0 Å². The van der Waals surface area contributed by atoms with Crippen molar-refractivity contribution in [2.45, 2.75) is 64.7 Å². The SMILES string of the molecule is CCCCCCCCCC/C(Cl)=C\C(=O)c1ccccc1. The van der Waals surface area contributed by atoms with Crippen LogP contribution in [0, 0.1) is 0 Å². The summed E-state index contributed by atoms with van der Waals surface area (Å²) in [4.78, 5) is 11.9. The van der Waals surface area contributed by atoms with Crippen LogP contribution in [-0.4, -0.2) is 5.78 Å². The number of carbonyl (C=O) groups is 1. The zero-order chi connectivity index (χ0) is 15.3. The van der Waals surface area contributed by atoms with Gasteiger partial charge in [-0.1, -0.05) is 93.8 Å². The van der Waals surface area contributed by atoms with Gasteiger partial charge < -0.3 is 0 Å². The Morgan fingerprint density at radius 2 is 1.52 bits per heavy atom. The maximum atomic E-state index is 11.9. The van der Waals surface area contributed by atoms with Gasteiger partial charge in [-0.3, -0.25) is 4.79 Å². The van der Waals surface area contributed by atoms with Crippen LogP contribution in [0.5, 0.6) is 0 Å². The zero-order valence-corrected chi connectivity index (χ0v) is 13.9. The van der Waals surface area contributed by atoms with Crippen molar-refractivity contribution in [3.63, 3.8) is 0 Å². The lowest BCUT2D eigenvalue weighted by atomic mass is 10.1. The highest BCUT2D eigenvalue weighted by Crippen LogP contribution is 2.16.